The number of nitrogens with zero attached hydrogens (tertiary/aromatic N) is 1. The molecule has 15 heavy (non-hydrogen) atoms. The van der Waals surface area contributed by atoms with Gasteiger partial charge in [-0.15, -0.1) is 0 Å². The van der Waals surface area contributed by atoms with Gasteiger partial charge >= 0.3 is 0 Å². The number of piperidine rings is 1. The fourth-order valence-electron chi connectivity index (χ4n) is 1.63. The van der Waals surface area contributed by atoms with Crippen LogP contribution in [0.2, 0.25) is 0 Å². The van der Waals surface area contributed by atoms with Crippen molar-refractivity contribution in [3.63, 3.8) is 0 Å². The molecule has 0 radical (unpaired) electrons. The van der Waals surface area contributed by atoms with E-state index < -0.39 is 10.0 Å². The second-order valence-corrected chi connectivity index (χ2v) is 5.47. The zero-order chi connectivity index (χ0) is 10.9. The lowest BCUT2D eigenvalue weighted by Gasteiger charge is -2.24. The highest BCUT2D eigenvalue weighted by Gasteiger charge is 2.29. The van der Waals surface area contributed by atoms with Crippen LogP contribution < -0.4 is 0 Å². The van der Waals surface area contributed by atoms with Gasteiger partial charge in [-0.2, -0.15) is 4.31 Å². The van der Waals surface area contributed by atoms with Gasteiger partial charge in [0.25, 0.3) is 0 Å². The Morgan fingerprint density at radius 3 is 2.80 bits per heavy atom. The number of carbonyl (C=O) groups is 1. The third kappa shape index (κ3) is 1.95. The molecule has 0 amide bonds. The van der Waals surface area contributed by atoms with Crippen LogP contribution in [0.25, 0.3) is 0 Å². The van der Waals surface area contributed by atoms with Crippen molar-refractivity contribution in [1.82, 2.24) is 9.29 Å². The Morgan fingerprint density at radius 2 is 2.20 bits per heavy atom. The minimum Gasteiger partial charge on any atom is -0.366 e. The van der Waals surface area contributed by atoms with Crippen LogP contribution in [0.4, 0.5) is 0 Å². The summed E-state index contributed by atoms with van der Waals surface area (Å²) in [6.45, 7) is 0.437. The number of hydrogen-bond acceptors (Lipinski definition) is 3. The highest BCUT2D eigenvalue weighted by Crippen LogP contribution is 2.18. The van der Waals surface area contributed by atoms with Crippen LogP contribution in [0.15, 0.2) is 23.4 Å². The summed E-state index contributed by atoms with van der Waals surface area (Å²) < 4.78 is 25.1. The van der Waals surface area contributed by atoms with E-state index in [1.165, 1.54) is 16.6 Å². The number of rotatable bonds is 2. The lowest BCUT2D eigenvalue weighted by molar-refractivity contribution is -0.120. The molecule has 0 saturated carbocycles. The molecule has 0 atom stereocenters. The quantitative estimate of drug-likeness (QED) is 0.795. The third-order valence-electron chi connectivity index (χ3n) is 2.42. The lowest BCUT2D eigenvalue weighted by Crippen LogP contribution is -2.39. The maximum atomic E-state index is 11.9. The second-order valence-electron chi connectivity index (χ2n) is 3.53. The summed E-state index contributed by atoms with van der Waals surface area (Å²) in [7, 11) is -3.47. The molecule has 0 aliphatic carbocycles. The number of nitrogens with one attached hydrogen (secondary N) is 1. The first-order valence-electron chi connectivity index (χ1n) is 4.75. The maximum absolute atomic E-state index is 11.9. The van der Waals surface area contributed by atoms with E-state index >= 15 is 0 Å². The van der Waals surface area contributed by atoms with Gasteiger partial charge in [-0.25, -0.2) is 8.42 Å². The van der Waals surface area contributed by atoms with Gasteiger partial charge in [-0.3, -0.25) is 4.79 Å². The molecule has 82 valence electrons. The van der Waals surface area contributed by atoms with Crippen LogP contribution in [-0.4, -0.2) is 36.6 Å². The summed E-state index contributed by atoms with van der Waals surface area (Å²) in [4.78, 5) is 14.1. The van der Waals surface area contributed by atoms with Crippen molar-refractivity contribution in [2.75, 3.05) is 13.1 Å². The summed E-state index contributed by atoms with van der Waals surface area (Å²) >= 11 is 0. The summed E-state index contributed by atoms with van der Waals surface area (Å²) in [5.74, 6) is -0.0136. The molecule has 1 aliphatic rings. The average Bonchev–Trinajstić information content (AvgIpc) is 2.71. The Morgan fingerprint density at radius 1 is 1.40 bits per heavy atom. The standard InChI is InChI=1S/C9H12N2O3S/c12-8-2-1-5-11(7-8)15(13,14)9-3-4-10-6-9/h3-4,6,10H,1-2,5,7H2. The number of carbonyl (C=O) groups excluding carboxylic acids is 1. The maximum Gasteiger partial charge on any atom is 0.244 e. The first-order chi connectivity index (χ1) is 7.10. The van der Waals surface area contributed by atoms with Crippen LogP contribution in [0.3, 0.4) is 0 Å². The molecule has 1 aromatic heterocycles. The van der Waals surface area contributed by atoms with Crippen LogP contribution >= 0.6 is 0 Å². The Kier molecular flexibility index (Phi) is 2.62. The Bertz CT molecular complexity index is 450. The molecule has 2 rings (SSSR count). The zero-order valence-electron chi connectivity index (χ0n) is 8.14. The van der Waals surface area contributed by atoms with Crippen molar-refractivity contribution < 1.29 is 13.2 Å². The zero-order valence-corrected chi connectivity index (χ0v) is 8.96. The smallest absolute Gasteiger partial charge is 0.244 e. The highest BCUT2D eigenvalue weighted by molar-refractivity contribution is 7.89. The van der Waals surface area contributed by atoms with Crippen molar-refractivity contribution in [3.8, 4) is 0 Å². The molecule has 5 nitrogen and oxygen atoms in total. The van der Waals surface area contributed by atoms with Crippen LogP contribution in [-0.2, 0) is 14.8 Å². The fourth-order valence-corrected chi connectivity index (χ4v) is 3.07. The topological polar surface area (TPSA) is 70.2 Å². The van der Waals surface area contributed by atoms with E-state index in [2.05, 4.69) is 4.98 Å². The number of hydrogen-bond donors (Lipinski definition) is 1. The van der Waals surface area contributed by atoms with Crippen LogP contribution in [0.5, 0.6) is 0 Å². The number of aromatic nitrogens is 1. The van der Waals surface area contributed by atoms with E-state index in [-0.39, 0.29) is 17.2 Å². The first-order valence-corrected chi connectivity index (χ1v) is 6.19. The van der Waals surface area contributed by atoms with Crippen molar-refractivity contribution in [1.29, 1.82) is 0 Å². The lowest BCUT2D eigenvalue weighted by atomic mass is 10.1. The fraction of sp³-hybridized carbons (Fsp3) is 0.444. The third-order valence-corrected chi connectivity index (χ3v) is 4.26. The largest absolute Gasteiger partial charge is 0.366 e. The van der Waals surface area contributed by atoms with Crippen molar-refractivity contribution in [3.05, 3.63) is 18.5 Å². The van der Waals surface area contributed by atoms with Gasteiger partial charge in [0.2, 0.25) is 10.0 Å². The molecule has 0 unspecified atom stereocenters. The molecule has 1 aromatic rings. The first kappa shape index (κ1) is 10.4. The number of sulfonamides is 1. The molecular formula is C9H12N2O3S. The molecule has 0 bridgehead atoms. The van der Waals surface area contributed by atoms with Gasteiger partial charge in [-0.05, 0) is 12.5 Å². The van der Waals surface area contributed by atoms with Crippen molar-refractivity contribution in [2.45, 2.75) is 17.7 Å². The van der Waals surface area contributed by atoms with Crippen molar-refractivity contribution in [2.24, 2.45) is 0 Å². The summed E-state index contributed by atoms with van der Waals surface area (Å²) in [6, 6.07) is 1.49. The predicted octanol–water partition coefficient (Wildman–Crippen LogP) is 0.368. The van der Waals surface area contributed by atoms with E-state index in [1.54, 1.807) is 6.20 Å². The van der Waals surface area contributed by atoms with Crippen LogP contribution in [0, 0.1) is 0 Å². The van der Waals surface area contributed by atoms with Crippen LogP contribution in [0.1, 0.15) is 12.8 Å². The normalized spacial score (nSPS) is 19.3. The Hall–Kier alpha value is -1.14. The molecule has 2 heterocycles. The second kappa shape index (κ2) is 3.79. The average molecular weight is 228 g/mol. The molecular weight excluding hydrogens is 216 g/mol. The van der Waals surface area contributed by atoms with Crippen molar-refractivity contribution >= 4 is 15.8 Å². The predicted molar refractivity (Wildman–Crippen MR) is 53.8 cm³/mol. The van der Waals surface area contributed by atoms with Gasteiger partial charge in [-0.1, -0.05) is 0 Å². The SMILES string of the molecule is O=C1CCCN(S(=O)(=O)c2cc[nH]c2)C1. The molecule has 1 N–H and O–H groups in total. The summed E-state index contributed by atoms with van der Waals surface area (Å²) in [5.41, 5.74) is 0. The van der Waals surface area contributed by atoms with E-state index in [0.29, 0.717) is 19.4 Å². The molecule has 0 spiro atoms. The summed E-state index contributed by atoms with van der Waals surface area (Å²) in [6.07, 6.45) is 4.08. The van der Waals surface area contributed by atoms with Gasteiger partial charge in [0.15, 0.2) is 0 Å². The van der Waals surface area contributed by atoms with Gasteiger partial charge < -0.3 is 4.98 Å². The Labute approximate surface area is 88.1 Å². The monoisotopic (exact) mass is 228 g/mol. The Balaban J connectivity index is 2.26. The van der Waals surface area contributed by atoms with Gasteiger partial charge in [0.1, 0.15) is 5.78 Å². The van der Waals surface area contributed by atoms with Gasteiger partial charge in [0, 0.05) is 25.4 Å². The molecule has 6 heteroatoms. The van der Waals surface area contributed by atoms with E-state index in [1.807, 2.05) is 0 Å². The number of H-pyrrole nitrogens is 1. The number of Topliss-reactive ketones (excluding diaryl/α,β-unsaturated/α-hetero) is 1. The molecule has 0 aromatic carbocycles. The minimum absolute atomic E-state index is 0.00745. The summed E-state index contributed by atoms with van der Waals surface area (Å²) in [5, 5.41) is 0. The molecule has 1 fully saturated rings. The number of ketones is 1. The van der Waals surface area contributed by atoms with E-state index in [9.17, 15) is 13.2 Å². The van der Waals surface area contributed by atoms with E-state index in [0.717, 1.165) is 0 Å². The molecule has 1 saturated heterocycles. The van der Waals surface area contributed by atoms with E-state index in [4.69, 9.17) is 0 Å². The highest BCUT2D eigenvalue weighted by atomic mass is 32.2. The minimum atomic E-state index is -3.47. The molecule has 1 aliphatic heterocycles. The van der Waals surface area contributed by atoms with Gasteiger partial charge in [0.05, 0.1) is 11.4 Å². The number of aromatic amines is 1.